The summed E-state index contributed by atoms with van der Waals surface area (Å²) in [5.41, 5.74) is 2.38. The average Bonchev–Trinajstić information content (AvgIpc) is 3.01. The third-order valence-electron chi connectivity index (χ3n) is 3.41. The van der Waals surface area contributed by atoms with E-state index in [1.165, 1.54) is 10.9 Å². The Morgan fingerprint density at radius 3 is 2.75 bits per heavy atom. The zero-order valence-electron chi connectivity index (χ0n) is 10.3. The Hall–Kier alpha value is -1.78. The molecule has 0 bridgehead atoms. The van der Waals surface area contributed by atoms with Crippen molar-refractivity contribution < 1.29 is 25.3 Å². The van der Waals surface area contributed by atoms with E-state index >= 15 is 0 Å². The Labute approximate surface area is 113 Å². The van der Waals surface area contributed by atoms with Crippen LogP contribution < -0.4 is 5.48 Å². The van der Waals surface area contributed by atoms with Crippen LogP contribution in [-0.2, 0) is 4.74 Å². The van der Waals surface area contributed by atoms with Gasteiger partial charge in [-0.25, -0.2) is 9.97 Å². The van der Waals surface area contributed by atoms with E-state index < -0.39 is 31.1 Å². The van der Waals surface area contributed by atoms with Crippen LogP contribution in [0.3, 0.4) is 0 Å². The lowest BCUT2D eigenvalue weighted by Crippen LogP contribution is -2.33. The molecule has 3 rings (SSSR count). The lowest BCUT2D eigenvalue weighted by molar-refractivity contribution is -0.0508. The maximum Gasteiger partial charge on any atom is 0.164 e. The van der Waals surface area contributed by atoms with Crippen LogP contribution in [-0.4, -0.2) is 60.0 Å². The second kappa shape index (κ2) is 4.96. The minimum atomic E-state index is -1.19. The van der Waals surface area contributed by atoms with Crippen molar-refractivity contribution in [1.82, 2.24) is 14.5 Å². The molecule has 20 heavy (non-hydrogen) atoms. The molecule has 5 N–H and O–H groups in total. The van der Waals surface area contributed by atoms with Gasteiger partial charge in [-0.2, -0.15) is 0 Å². The average molecular weight is 282 g/mol. The fourth-order valence-electron chi connectivity index (χ4n) is 2.38. The molecule has 2 aromatic rings. The molecule has 108 valence electrons. The minimum Gasteiger partial charge on any atom is -0.394 e. The summed E-state index contributed by atoms with van der Waals surface area (Å²) in [6.07, 6.45) is -1.26. The van der Waals surface area contributed by atoms with Gasteiger partial charge in [0.2, 0.25) is 0 Å². The summed E-state index contributed by atoms with van der Waals surface area (Å²) < 4.78 is 6.95. The molecule has 0 aromatic carbocycles. The van der Waals surface area contributed by atoms with Crippen molar-refractivity contribution in [2.45, 2.75) is 24.5 Å². The maximum atomic E-state index is 10.0. The summed E-state index contributed by atoms with van der Waals surface area (Å²) in [5.74, 6) is 0.223. The number of aromatic nitrogens is 3. The number of aliphatic hydroxyl groups is 3. The quantitative estimate of drug-likeness (QED) is 0.445. The molecular formula is C11H14N4O5. The van der Waals surface area contributed by atoms with E-state index in [1.54, 1.807) is 12.3 Å². The van der Waals surface area contributed by atoms with E-state index in [2.05, 4.69) is 9.97 Å². The van der Waals surface area contributed by atoms with Crippen LogP contribution in [0.2, 0.25) is 0 Å². The minimum absolute atomic E-state index is 0.223. The van der Waals surface area contributed by atoms with Crippen LogP contribution >= 0.6 is 0 Å². The first-order chi connectivity index (χ1) is 9.67. The predicted octanol–water partition coefficient (Wildman–Crippen LogP) is -1.16. The van der Waals surface area contributed by atoms with Gasteiger partial charge in [-0.1, -0.05) is 0 Å². The van der Waals surface area contributed by atoms with Gasteiger partial charge in [-0.3, -0.25) is 10.7 Å². The SMILES string of the molecule is OC[C@@H]1O[C@H](n2ccc3c(NO)ncnc32)[C@@H](O)[C@@H]1O. The molecule has 0 amide bonds. The molecule has 0 radical (unpaired) electrons. The van der Waals surface area contributed by atoms with Crippen LogP contribution in [0, 0.1) is 0 Å². The molecule has 3 heterocycles. The monoisotopic (exact) mass is 282 g/mol. The Morgan fingerprint density at radius 2 is 2.10 bits per heavy atom. The first kappa shape index (κ1) is 13.2. The number of ether oxygens (including phenoxy) is 1. The van der Waals surface area contributed by atoms with Crippen molar-refractivity contribution in [3.63, 3.8) is 0 Å². The summed E-state index contributed by atoms with van der Waals surface area (Å²) in [5, 5.41) is 38.4. The third kappa shape index (κ3) is 1.84. The molecule has 0 saturated carbocycles. The largest absolute Gasteiger partial charge is 0.394 e. The summed E-state index contributed by atoms with van der Waals surface area (Å²) in [6.45, 7) is -0.396. The standard InChI is InChI=1S/C11H14N4O5/c16-3-6-7(17)8(18)11(20-6)15-2-1-5-9(14-19)12-4-13-10(5)15/h1-2,4,6-8,11,16-19H,3H2,(H,12,13,14)/t6-,7+,8-,11-/m0/s1. The number of anilines is 1. The number of nitrogens with one attached hydrogen (secondary N) is 1. The molecule has 1 aliphatic rings. The summed E-state index contributed by atoms with van der Waals surface area (Å²) >= 11 is 0. The predicted molar refractivity (Wildman–Crippen MR) is 65.9 cm³/mol. The van der Waals surface area contributed by atoms with E-state index in [0.717, 1.165) is 0 Å². The second-order valence-electron chi connectivity index (χ2n) is 4.52. The lowest BCUT2D eigenvalue weighted by atomic mass is 10.1. The Morgan fingerprint density at radius 1 is 1.30 bits per heavy atom. The Bertz CT molecular complexity index is 618. The highest BCUT2D eigenvalue weighted by Gasteiger charge is 2.43. The summed E-state index contributed by atoms with van der Waals surface area (Å²) in [6, 6.07) is 1.64. The fourth-order valence-corrected chi connectivity index (χ4v) is 2.38. The van der Waals surface area contributed by atoms with E-state index in [0.29, 0.717) is 11.0 Å². The van der Waals surface area contributed by atoms with Crippen LogP contribution in [0.4, 0.5) is 5.82 Å². The lowest BCUT2D eigenvalue weighted by Gasteiger charge is -2.17. The van der Waals surface area contributed by atoms with Gasteiger partial charge in [-0.15, -0.1) is 0 Å². The molecule has 1 aliphatic heterocycles. The highest BCUT2D eigenvalue weighted by Crippen LogP contribution is 2.32. The summed E-state index contributed by atoms with van der Waals surface area (Å²) in [7, 11) is 0. The number of fused-ring (bicyclic) bond motifs is 1. The van der Waals surface area contributed by atoms with E-state index in [-0.39, 0.29) is 5.82 Å². The highest BCUT2D eigenvalue weighted by atomic mass is 16.6. The van der Waals surface area contributed by atoms with Gasteiger partial charge < -0.3 is 24.6 Å². The number of aliphatic hydroxyl groups excluding tert-OH is 3. The van der Waals surface area contributed by atoms with Crippen LogP contribution in [0.25, 0.3) is 11.0 Å². The maximum absolute atomic E-state index is 10.0. The van der Waals surface area contributed by atoms with E-state index in [4.69, 9.17) is 15.1 Å². The van der Waals surface area contributed by atoms with Crippen LogP contribution in [0.5, 0.6) is 0 Å². The Balaban J connectivity index is 2.03. The first-order valence-electron chi connectivity index (χ1n) is 6.01. The molecule has 0 aliphatic carbocycles. The van der Waals surface area contributed by atoms with Gasteiger partial charge in [-0.05, 0) is 6.07 Å². The van der Waals surface area contributed by atoms with E-state index in [1.807, 2.05) is 5.48 Å². The molecule has 1 fully saturated rings. The van der Waals surface area contributed by atoms with Crippen molar-refractivity contribution in [3.05, 3.63) is 18.6 Å². The van der Waals surface area contributed by atoms with Crippen molar-refractivity contribution in [1.29, 1.82) is 0 Å². The number of nitrogens with zero attached hydrogens (tertiary/aromatic N) is 3. The highest BCUT2D eigenvalue weighted by molar-refractivity contribution is 5.86. The van der Waals surface area contributed by atoms with Gasteiger partial charge in [0.25, 0.3) is 0 Å². The van der Waals surface area contributed by atoms with Crippen LogP contribution in [0.1, 0.15) is 6.23 Å². The molecule has 2 aromatic heterocycles. The van der Waals surface area contributed by atoms with Crippen molar-refractivity contribution in [3.8, 4) is 0 Å². The third-order valence-corrected chi connectivity index (χ3v) is 3.41. The smallest absolute Gasteiger partial charge is 0.164 e. The number of rotatable bonds is 3. The molecule has 9 nitrogen and oxygen atoms in total. The van der Waals surface area contributed by atoms with E-state index in [9.17, 15) is 10.2 Å². The van der Waals surface area contributed by atoms with Gasteiger partial charge in [0.05, 0.1) is 12.0 Å². The Kier molecular flexibility index (Phi) is 3.28. The molecule has 4 atom stereocenters. The zero-order valence-corrected chi connectivity index (χ0v) is 10.3. The topological polar surface area (TPSA) is 133 Å². The molecule has 1 saturated heterocycles. The van der Waals surface area contributed by atoms with Crippen LogP contribution in [0.15, 0.2) is 18.6 Å². The van der Waals surface area contributed by atoms with Crippen molar-refractivity contribution in [2.24, 2.45) is 0 Å². The molecule has 0 unspecified atom stereocenters. The number of hydrogen-bond donors (Lipinski definition) is 5. The number of hydrogen-bond acceptors (Lipinski definition) is 8. The van der Waals surface area contributed by atoms with Gasteiger partial charge in [0, 0.05) is 6.20 Å². The molecular weight excluding hydrogens is 268 g/mol. The zero-order chi connectivity index (χ0) is 14.3. The first-order valence-corrected chi connectivity index (χ1v) is 6.01. The fraction of sp³-hybridized carbons (Fsp3) is 0.455. The summed E-state index contributed by atoms with van der Waals surface area (Å²) in [4.78, 5) is 7.92. The van der Waals surface area contributed by atoms with Gasteiger partial charge in [0.15, 0.2) is 12.0 Å². The second-order valence-corrected chi connectivity index (χ2v) is 4.52. The molecule has 9 heteroatoms. The molecule has 0 spiro atoms. The van der Waals surface area contributed by atoms with Crippen molar-refractivity contribution >= 4 is 16.9 Å². The normalized spacial score (nSPS) is 30.0. The van der Waals surface area contributed by atoms with Gasteiger partial charge >= 0.3 is 0 Å². The van der Waals surface area contributed by atoms with Gasteiger partial charge in [0.1, 0.15) is 30.3 Å². The van der Waals surface area contributed by atoms with Crippen molar-refractivity contribution in [2.75, 3.05) is 12.1 Å².